The number of ether oxygens (including phenoxy) is 1. The average Bonchev–Trinajstić information content (AvgIpc) is 2.31. The van der Waals surface area contributed by atoms with Crippen molar-refractivity contribution in [2.45, 2.75) is 47.6 Å². The second-order valence-corrected chi connectivity index (χ2v) is 6.44. The zero-order valence-corrected chi connectivity index (χ0v) is 17.6. The predicted octanol–water partition coefficient (Wildman–Crippen LogP) is 3.37. The summed E-state index contributed by atoms with van der Waals surface area (Å²) in [5.74, 6) is 0.400. The number of aryl methyl sites for hydroxylation is 1. The summed E-state index contributed by atoms with van der Waals surface area (Å²) in [4.78, 5) is 16.1. The average molecular weight is 472 g/mol. The maximum atomic E-state index is 11.5. The van der Waals surface area contributed by atoms with Crippen molar-refractivity contribution in [1.82, 2.24) is 0 Å². The van der Waals surface area contributed by atoms with E-state index >= 15 is 0 Å². The van der Waals surface area contributed by atoms with Crippen LogP contribution in [0.1, 0.15) is 40.2 Å². The second-order valence-electron chi connectivity index (χ2n) is 5.69. The molecule has 0 saturated carbocycles. The van der Waals surface area contributed by atoms with Gasteiger partial charge in [-0.05, 0) is 39.8 Å². The van der Waals surface area contributed by atoms with Crippen LogP contribution in [-0.4, -0.2) is 38.3 Å². The number of carbonyl (C=O) groups excluding carboxylic acids is 1. The van der Waals surface area contributed by atoms with Crippen molar-refractivity contribution in [3.63, 3.8) is 0 Å². The van der Waals surface area contributed by atoms with Crippen LogP contribution in [0.5, 0.6) is 5.75 Å². The van der Waals surface area contributed by atoms with Gasteiger partial charge in [-0.15, -0.1) is 0 Å². The van der Waals surface area contributed by atoms with Crippen molar-refractivity contribution in [3.05, 3.63) is 29.8 Å². The summed E-state index contributed by atoms with van der Waals surface area (Å²) in [5.41, 5.74) is 0.700. The van der Waals surface area contributed by atoms with E-state index in [0.717, 1.165) is 5.56 Å². The van der Waals surface area contributed by atoms with Crippen LogP contribution in [0.2, 0.25) is 0 Å². The van der Waals surface area contributed by atoms with Gasteiger partial charge < -0.3 is 4.74 Å². The van der Waals surface area contributed by atoms with Gasteiger partial charge in [0.2, 0.25) is 0 Å². The first-order valence-corrected chi connectivity index (χ1v) is 8.31. The van der Waals surface area contributed by atoms with Crippen LogP contribution in [0.15, 0.2) is 24.3 Å². The fourth-order valence-corrected chi connectivity index (χ4v) is 1.84. The molecule has 0 saturated heterocycles. The van der Waals surface area contributed by atoms with Crippen LogP contribution in [0.4, 0.5) is 0 Å². The van der Waals surface area contributed by atoms with Gasteiger partial charge in [0.25, 0.3) is 0 Å². The van der Waals surface area contributed by atoms with Gasteiger partial charge in [0.1, 0.15) is 5.75 Å². The zero-order chi connectivity index (χ0) is 15.8. The Morgan fingerprint density at radius 2 is 1.65 bits per heavy atom. The molecule has 5 heteroatoms. The molecule has 0 amide bonds. The standard InChI is InChI=1S/C12H16O2.C3H8O2.Tl/c1-9-5-7-10(8-6-9)14-11(13)12(2,3)4;1-3(2)5-4;/h5-8H,1-4H3;3-4H,1-2H3;/q;;+1/p-1. The van der Waals surface area contributed by atoms with Crippen molar-refractivity contribution in [1.29, 1.82) is 0 Å². The summed E-state index contributed by atoms with van der Waals surface area (Å²) < 4.78 is 9.66. The number of hydrogen-bond donors (Lipinski definition) is 0. The van der Waals surface area contributed by atoms with Gasteiger partial charge >= 0.3 is 59.9 Å². The Balaban J connectivity index is 0.000000511. The Bertz CT molecular complexity index is 393. The molecule has 0 heterocycles. The number of esters is 1. The molecule has 1 rings (SSSR count). The maximum absolute atomic E-state index is 11.5. The molecule has 0 aromatic heterocycles. The van der Waals surface area contributed by atoms with Gasteiger partial charge in [-0.3, -0.25) is 4.79 Å². The van der Waals surface area contributed by atoms with E-state index in [4.69, 9.17) is 4.74 Å². The van der Waals surface area contributed by atoms with E-state index in [9.17, 15) is 4.79 Å². The minimum atomic E-state index is -0.453. The molecule has 0 atom stereocenters. The van der Waals surface area contributed by atoms with Crippen molar-refractivity contribution in [2.24, 2.45) is 5.41 Å². The van der Waals surface area contributed by atoms with Crippen LogP contribution in [0.3, 0.4) is 0 Å². The molecule has 1 aromatic rings. The first kappa shape index (κ1) is 19.5. The summed E-state index contributed by atoms with van der Waals surface area (Å²) in [6.45, 7) is 11.4. The van der Waals surface area contributed by atoms with Crippen LogP contribution in [0, 0.1) is 12.3 Å². The molecule has 0 N–H and O–H groups in total. The van der Waals surface area contributed by atoms with E-state index in [1.165, 1.54) is 0 Å². The van der Waals surface area contributed by atoms with Gasteiger partial charge in [0.05, 0.1) is 5.41 Å². The molecule has 110 valence electrons. The SMILES string of the molecule is CC(C)O[O][Tl].Cc1ccc(OC(=O)C(C)(C)C)cc1. The Kier molecular flexibility index (Phi) is 9.24. The number of carbonyl (C=O) groups is 1. The van der Waals surface area contributed by atoms with Crippen molar-refractivity contribution in [3.8, 4) is 5.75 Å². The molecular formula is C15H23O4Tl. The molecule has 0 unspecified atom stereocenters. The smallest absolute Gasteiger partial charge is 0.316 e. The second kappa shape index (κ2) is 9.47. The third-order valence-corrected chi connectivity index (χ3v) is 2.52. The fourth-order valence-electron chi connectivity index (χ4n) is 0.978. The molecule has 0 aliphatic rings. The van der Waals surface area contributed by atoms with E-state index in [2.05, 4.69) is 7.73 Å². The van der Waals surface area contributed by atoms with Gasteiger partial charge in [0, 0.05) is 0 Å². The molecule has 0 aliphatic heterocycles. The fraction of sp³-hybridized carbons (Fsp3) is 0.533. The van der Waals surface area contributed by atoms with Crippen LogP contribution < -0.4 is 4.74 Å². The third-order valence-electron chi connectivity index (χ3n) is 2.09. The van der Waals surface area contributed by atoms with E-state index < -0.39 is 5.41 Å². The summed E-state index contributed by atoms with van der Waals surface area (Å²) >= 11 is 0.498. The van der Waals surface area contributed by atoms with Gasteiger partial charge in [0.15, 0.2) is 0 Å². The van der Waals surface area contributed by atoms with Crippen LogP contribution >= 0.6 is 0 Å². The summed E-state index contributed by atoms with van der Waals surface area (Å²) in [5, 5.41) is 0. The van der Waals surface area contributed by atoms with Crippen molar-refractivity contribution < 1.29 is 17.3 Å². The van der Waals surface area contributed by atoms with E-state index in [1.54, 1.807) is 12.1 Å². The minimum Gasteiger partial charge on any atom is -0.426 e. The Morgan fingerprint density at radius 1 is 1.15 bits per heavy atom. The van der Waals surface area contributed by atoms with Gasteiger partial charge in [-0.25, -0.2) is 0 Å². The molecule has 0 bridgehead atoms. The molecule has 1 aromatic carbocycles. The predicted molar refractivity (Wildman–Crippen MR) is 79.3 cm³/mol. The van der Waals surface area contributed by atoms with E-state index in [-0.39, 0.29) is 12.1 Å². The Morgan fingerprint density at radius 3 is 1.95 bits per heavy atom. The van der Waals surface area contributed by atoms with Gasteiger partial charge in [-0.1, -0.05) is 17.7 Å². The first-order chi connectivity index (χ1) is 9.16. The van der Waals surface area contributed by atoms with Crippen molar-refractivity contribution >= 4 is 32.2 Å². The van der Waals surface area contributed by atoms with E-state index in [1.807, 2.05) is 53.7 Å². The van der Waals surface area contributed by atoms with Gasteiger partial charge in [-0.2, -0.15) is 0 Å². The normalized spacial score (nSPS) is 10.7. The van der Waals surface area contributed by atoms with E-state index in [0.29, 0.717) is 32.0 Å². The maximum Gasteiger partial charge on any atom is 0.316 e. The van der Waals surface area contributed by atoms with Crippen LogP contribution in [-0.2, 0) is 12.5 Å². The largest absolute Gasteiger partial charge is 0.426 e. The summed E-state index contributed by atoms with van der Waals surface area (Å²) in [6, 6.07) is 7.45. The third kappa shape index (κ3) is 9.44. The van der Waals surface area contributed by atoms with Crippen molar-refractivity contribution in [2.75, 3.05) is 0 Å². The first-order valence-electron chi connectivity index (χ1n) is 6.48. The minimum absolute atomic E-state index is 0.207. The Hall–Kier alpha value is -0.468. The number of benzene rings is 1. The number of rotatable bonds is 3. The molecule has 0 spiro atoms. The quantitative estimate of drug-likeness (QED) is 0.223. The zero-order valence-electron chi connectivity index (χ0n) is 13.1. The van der Waals surface area contributed by atoms with Crippen LogP contribution in [0.25, 0.3) is 0 Å². The molecule has 4 nitrogen and oxygen atoms in total. The number of hydrogen-bond acceptors (Lipinski definition) is 4. The molecule has 20 heavy (non-hydrogen) atoms. The summed E-state index contributed by atoms with van der Waals surface area (Å²) in [7, 11) is 0. The molecular weight excluding hydrogens is 449 g/mol. The molecule has 0 radical (unpaired) electrons. The summed E-state index contributed by atoms with van der Waals surface area (Å²) in [6.07, 6.45) is 0.218. The molecule has 0 aliphatic carbocycles. The monoisotopic (exact) mass is 472 g/mol. The topological polar surface area (TPSA) is 44.8 Å². The Labute approximate surface area is 138 Å². The molecule has 0 fully saturated rings.